The molecule has 0 unspecified atom stereocenters. The SMILES string of the molecule is CCOC(=O)Nc1nccc2c1ccn2Cc1ccccc1. The van der Waals surface area contributed by atoms with Gasteiger partial charge >= 0.3 is 6.09 Å². The van der Waals surface area contributed by atoms with Crippen LogP contribution in [0, 0.1) is 0 Å². The number of hydrogen-bond acceptors (Lipinski definition) is 3. The molecule has 2 aromatic heterocycles. The summed E-state index contributed by atoms with van der Waals surface area (Å²) in [6, 6.07) is 14.1. The fraction of sp³-hybridized carbons (Fsp3) is 0.176. The van der Waals surface area contributed by atoms with Gasteiger partial charge in [-0.05, 0) is 24.6 Å². The van der Waals surface area contributed by atoms with Crippen molar-refractivity contribution >= 4 is 22.8 Å². The topological polar surface area (TPSA) is 56.1 Å². The van der Waals surface area contributed by atoms with E-state index in [0.717, 1.165) is 17.4 Å². The molecule has 0 fully saturated rings. The van der Waals surface area contributed by atoms with Gasteiger partial charge in [0.05, 0.1) is 12.1 Å². The van der Waals surface area contributed by atoms with Crippen molar-refractivity contribution in [2.24, 2.45) is 0 Å². The Labute approximate surface area is 128 Å². The summed E-state index contributed by atoms with van der Waals surface area (Å²) in [5, 5.41) is 3.57. The molecule has 0 aliphatic rings. The predicted molar refractivity (Wildman–Crippen MR) is 85.9 cm³/mol. The number of rotatable bonds is 4. The van der Waals surface area contributed by atoms with E-state index in [0.29, 0.717) is 12.4 Å². The van der Waals surface area contributed by atoms with Crippen LogP contribution in [0.5, 0.6) is 0 Å². The van der Waals surface area contributed by atoms with Crippen LogP contribution in [0.4, 0.5) is 10.6 Å². The zero-order valence-corrected chi connectivity index (χ0v) is 12.3. The molecule has 5 nitrogen and oxygen atoms in total. The third kappa shape index (κ3) is 2.93. The maximum absolute atomic E-state index is 11.6. The minimum Gasteiger partial charge on any atom is -0.450 e. The first kappa shape index (κ1) is 14.1. The summed E-state index contributed by atoms with van der Waals surface area (Å²) < 4.78 is 7.03. The van der Waals surface area contributed by atoms with Gasteiger partial charge in [0.15, 0.2) is 0 Å². The maximum Gasteiger partial charge on any atom is 0.412 e. The second-order valence-electron chi connectivity index (χ2n) is 4.87. The largest absolute Gasteiger partial charge is 0.450 e. The number of benzene rings is 1. The number of carbonyl (C=O) groups is 1. The van der Waals surface area contributed by atoms with Crippen LogP contribution in [-0.4, -0.2) is 22.3 Å². The monoisotopic (exact) mass is 295 g/mol. The van der Waals surface area contributed by atoms with E-state index in [1.165, 1.54) is 5.56 Å². The molecule has 2 heterocycles. The summed E-state index contributed by atoms with van der Waals surface area (Å²) in [4.78, 5) is 15.8. The van der Waals surface area contributed by atoms with Crippen LogP contribution in [0.1, 0.15) is 12.5 Å². The van der Waals surface area contributed by atoms with Crippen molar-refractivity contribution in [2.75, 3.05) is 11.9 Å². The quantitative estimate of drug-likeness (QED) is 0.799. The summed E-state index contributed by atoms with van der Waals surface area (Å²) in [5.41, 5.74) is 2.24. The lowest BCUT2D eigenvalue weighted by molar-refractivity contribution is 0.168. The first-order valence-corrected chi connectivity index (χ1v) is 7.19. The van der Waals surface area contributed by atoms with Crippen molar-refractivity contribution < 1.29 is 9.53 Å². The van der Waals surface area contributed by atoms with Crippen molar-refractivity contribution in [3.05, 3.63) is 60.4 Å². The second-order valence-corrected chi connectivity index (χ2v) is 4.87. The second kappa shape index (κ2) is 6.30. The van der Waals surface area contributed by atoms with E-state index in [2.05, 4.69) is 27.0 Å². The summed E-state index contributed by atoms with van der Waals surface area (Å²) in [6.07, 6.45) is 3.19. The van der Waals surface area contributed by atoms with E-state index in [1.54, 1.807) is 13.1 Å². The number of ether oxygens (including phenoxy) is 1. The molecule has 0 spiro atoms. The van der Waals surface area contributed by atoms with E-state index >= 15 is 0 Å². The van der Waals surface area contributed by atoms with Crippen LogP contribution in [0.25, 0.3) is 10.9 Å². The smallest absolute Gasteiger partial charge is 0.412 e. The minimum atomic E-state index is -0.488. The lowest BCUT2D eigenvalue weighted by atomic mass is 10.2. The van der Waals surface area contributed by atoms with Crippen LogP contribution in [-0.2, 0) is 11.3 Å². The molecular formula is C17H17N3O2. The molecule has 1 N–H and O–H groups in total. The zero-order chi connectivity index (χ0) is 15.4. The van der Waals surface area contributed by atoms with Crippen LogP contribution in [0.2, 0.25) is 0 Å². The molecule has 22 heavy (non-hydrogen) atoms. The number of pyridine rings is 1. The number of anilines is 1. The van der Waals surface area contributed by atoms with Gasteiger partial charge < -0.3 is 9.30 Å². The zero-order valence-electron chi connectivity index (χ0n) is 12.3. The highest BCUT2D eigenvalue weighted by Crippen LogP contribution is 2.23. The molecule has 0 aliphatic carbocycles. The number of carbonyl (C=O) groups excluding carboxylic acids is 1. The van der Waals surface area contributed by atoms with Gasteiger partial charge in [-0.15, -0.1) is 0 Å². The van der Waals surface area contributed by atoms with Crippen molar-refractivity contribution in [3.63, 3.8) is 0 Å². The third-order valence-electron chi connectivity index (χ3n) is 3.39. The summed E-state index contributed by atoms with van der Waals surface area (Å²) >= 11 is 0. The minimum absolute atomic E-state index is 0.330. The molecule has 1 aromatic carbocycles. The first-order valence-electron chi connectivity index (χ1n) is 7.19. The molecule has 0 atom stereocenters. The highest BCUT2D eigenvalue weighted by atomic mass is 16.5. The molecular weight excluding hydrogens is 278 g/mol. The first-order chi connectivity index (χ1) is 10.8. The Morgan fingerprint density at radius 2 is 2.05 bits per heavy atom. The summed E-state index contributed by atoms with van der Waals surface area (Å²) in [6.45, 7) is 2.87. The van der Waals surface area contributed by atoms with Gasteiger partial charge in [0.2, 0.25) is 0 Å². The molecule has 0 bridgehead atoms. The van der Waals surface area contributed by atoms with Gasteiger partial charge in [0.25, 0.3) is 0 Å². The van der Waals surface area contributed by atoms with Gasteiger partial charge in [-0.2, -0.15) is 0 Å². The Morgan fingerprint density at radius 3 is 2.82 bits per heavy atom. The number of fused-ring (bicyclic) bond motifs is 1. The van der Waals surface area contributed by atoms with E-state index in [1.807, 2.05) is 36.5 Å². The van der Waals surface area contributed by atoms with Crippen LogP contribution in [0.3, 0.4) is 0 Å². The molecule has 3 rings (SSSR count). The van der Waals surface area contributed by atoms with Crippen molar-refractivity contribution in [3.8, 4) is 0 Å². The van der Waals surface area contributed by atoms with E-state index in [-0.39, 0.29) is 0 Å². The van der Waals surface area contributed by atoms with E-state index in [9.17, 15) is 4.79 Å². The molecule has 0 aliphatic heterocycles. The number of aromatic nitrogens is 2. The highest BCUT2D eigenvalue weighted by molar-refractivity contribution is 5.97. The van der Waals surface area contributed by atoms with Crippen LogP contribution >= 0.6 is 0 Å². The normalized spacial score (nSPS) is 10.6. The number of nitrogens with one attached hydrogen (secondary N) is 1. The molecule has 5 heteroatoms. The highest BCUT2D eigenvalue weighted by Gasteiger charge is 2.10. The number of nitrogens with zero attached hydrogens (tertiary/aromatic N) is 2. The molecule has 1 amide bonds. The molecule has 0 radical (unpaired) electrons. The van der Waals surface area contributed by atoms with Crippen LogP contribution in [0.15, 0.2) is 54.9 Å². The summed E-state index contributed by atoms with van der Waals surface area (Å²) in [5.74, 6) is 0.516. The van der Waals surface area contributed by atoms with Crippen molar-refractivity contribution in [1.82, 2.24) is 9.55 Å². The van der Waals surface area contributed by atoms with Crippen molar-refractivity contribution in [2.45, 2.75) is 13.5 Å². The Hall–Kier alpha value is -2.82. The summed E-state index contributed by atoms with van der Waals surface area (Å²) in [7, 11) is 0. The Bertz CT molecular complexity index is 781. The van der Waals surface area contributed by atoms with Gasteiger partial charge in [-0.25, -0.2) is 9.78 Å². The lowest BCUT2D eigenvalue weighted by Gasteiger charge is -2.08. The maximum atomic E-state index is 11.6. The van der Waals surface area contributed by atoms with Crippen LogP contribution < -0.4 is 5.32 Å². The number of amides is 1. The lowest BCUT2D eigenvalue weighted by Crippen LogP contribution is -2.14. The van der Waals surface area contributed by atoms with Gasteiger partial charge in [-0.1, -0.05) is 30.3 Å². The fourth-order valence-electron chi connectivity index (χ4n) is 2.40. The number of hydrogen-bond donors (Lipinski definition) is 1. The average Bonchev–Trinajstić information content (AvgIpc) is 2.93. The van der Waals surface area contributed by atoms with E-state index in [4.69, 9.17) is 4.74 Å². The molecule has 112 valence electrons. The predicted octanol–water partition coefficient (Wildman–Crippen LogP) is 3.65. The Morgan fingerprint density at radius 1 is 1.23 bits per heavy atom. The molecule has 3 aromatic rings. The molecule has 0 saturated heterocycles. The van der Waals surface area contributed by atoms with Gasteiger partial charge in [0.1, 0.15) is 5.82 Å². The third-order valence-corrected chi connectivity index (χ3v) is 3.39. The standard InChI is InChI=1S/C17H17N3O2/c1-2-22-17(21)19-16-14-9-11-20(15(14)8-10-18-16)12-13-6-4-3-5-7-13/h3-11H,2,12H2,1H3,(H,18,19,21). The Kier molecular flexibility index (Phi) is 4.05. The van der Waals surface area contributed by atoms with Crippen molar-refractivity contribution in [1.29, 1.82) is 0 Å². The fourth-order valence-corrected chi connectivity index (χ4v) is 2.40. The Balaban J connectivity index is 1.90. The molecule has 0 saturated carbocycles. The average molecular weight is 295 g/mol. The van der Waals surface area contributed by atoms with E-state index < -0.39 is 6.09 Å². The van der Waals surface area contributed by atoms with Gasteiger partial charge in [-0.3, -0.25) is 5.32 Å². The van der Waals surface area contributed by atoms with Gasteiger partial charge in [0, 0.05) is 24.3 Å².